The van der Waals surface area contributed by atoms with Crippen molar-refractivity contribution in [2.75, 3.05) is 0 Å². The number of hydrogen-bond acceptors (Lipinski definition) is 4. The maximum absolute atomic E-state index is 12.1. The minimum absolute atomic E-state index is 0.0465. The fraction of sp³-hybridized carbons (Fsp3) is 0.455. The Bertz CT molecular complexity index is 532. The van der Waals surface area contributed by atoms with Gasteiger partial charge in [-0.1, -0.05) is 0 Å². The number of hydrogen-bond donors (Lipinski definition) is 1. The Kier molecular flexibility index (Phi) is 2.68. The Morgan fingerprint density at radius 2 is 2.00 bits per heavy atom. The molecule has 0 aliphatic carbocycles. The molecule has 0 bridgehead atoms. The van der Waals surface area contributed by atoms with Gasteiger partial charge in [-0.2, -0.15) is 0 Å². The Labute approximate surface area is 104 Å². The van der Waals surface area contributed by atoms with Crippen LogP contribution in [0.5, 0.6) is 0 Å². The summed E-state index contributed by atoms with van der Waals surface area (Å²) >= 11 is 0. The zero-order chi connectivity index (χ0) is 13.5. The van der Waals surface area contributed by atoms with Crippen molar-refractivity contribution >= 4 is 17.8 Å². The number of barbiturate groups is 1. The molecule has 1 aliphatic heterocycles. The molecule has 4 amide bonds. The van der Waals surface area contributed by atoms with Gasteiger partial charge in [0.1, 0.15) is 11.2 Å². The first-order valence-electron chi connectivity index (χ1n) is 5.47. The van der Waals surface area contributed by atoms with Crippen molar-refractivity contribution in [3.63, 3.8) is 0 Å². The number of nitrogens with zero attached hydrogens (tertiary/aromatic N) is 3. The third-order valence-electron chi connectivity index (χ3n) is 3.03. The van der Waals surface area contributed by atoms with E-state index in [0.717, 1.165) is 4.90 Å². The van der Waals surface area contributed by atoms with Crippen LogP contribution >= 0.6 is 0 Å². The van der Waals surface area contributed by atoms with Crippen LogP contribution in [-0.2, 0) is 23.2 Å². The second-order valence-electron chi connectivity index (χ2n) is 4.73. The van der Waals surface area contributed by atoms with Gasteiger partial charge in [-0.05, 0) is 13.8 Å². The Balaban J connectivity index is 2.27. The molecule has 2 rings (SSSR count). The lowest BCUT2D eigenvalue weighted by Gasteiger charge is -2.34. The fourth-order valence-electron chi connectivity index (χ4n) is 1.68. The zero-order valence-corrected chi connectivity index (χ0v) is 10.4. The molecule has 0 spiro atoms. The van der Waals surface area contributed by atoms with Crippen molar-refractivity contribution in [2.45, 2.75) is 20.4 Å². The van der Waals surface area contributed by atoms with Gasteiger partial charge in [-0.15, -0.1) is 0 Å². The van der Waals surface area contributed by atoms with Gasteiger partial charge < -0.3 is 4.57 Å². The Morgan fingerprint density at radius 3 is 2.56 bits per heavy atom. The minimum Gasteiger partial charge on any atom is -0.337 e. The van der Waals surface area contributed by atoms with Gasteiger partial charge in [0.2, 0.25) is 11.8 Å². The van der Waals surface area contributed by atoms with E-state index in [1.54, 1.807) is 24.0 Å². The first-order chi connectivity index (χ1) is 8.34. The molecule has 1 N–H and O–H groups in total. The van der Waals surface area contributed by atoms with Crippen molar-refractivity contribution in [2.24, 2.45) is 12.5 Å². The Hall–Kier alpha value is -2.18. The minimum atomic E-state index is -1.24. The van der Waals surface area contributed by atoms with Crippen LogP contribution in [0.15, 0.2) is 12.4 Å². The number of nitrogens with one attached hydrogen (secondary N) is 1. The second kappa shape index (κ2) is 3.94. The topological polar surface area (TPSA) is 84.3 Å². The maximum Gasteiger partial charge on any atom is 0.331 e. The summed E-state index contributed by atoms with van der Waals surface area (Å²) in [6, 6.07) is -0.702. The second-order valence-corrected chi connectivity index (χ2v) is 4.73. The molecular weight excluding hydrogens is 236 g/mol. The molecule has 0 radical (unpaired) electrons. The average molecular weight is 250 g/mol. The monoisotopic (exact) mass is 250 g/mol. The van der Waals surface area contributed by atoms with Gasteiger partial charge in [0.25, 0.3) is 0 Å². The molecule has 0 saturated carbocycles. The fourth-order valence-corrected chi connectivity index (χ4v) is 1.68. The van der Waals surface area contributed by atoms with E-state index in [4.69, 9.17) is 0 Å². The van der Waals surface area contributed by atoms with Crippen molar-refractivity contribution in [1.29, 1.82) is 0 Å². The smallest absolute Gasteiger partial charge is 0.331 e. The van der Waals surface area contributed by atoms with Crippen LogP contribution in [0.3, 0.4) is 0 Å². The normalized spacial score (nSPS) is 19.1. The summed E-state index contributed by atoms with van der Waals surface area (Å²) in [6.45, 7) is 3.02. The number of amides is 4. The molecule has 1 saturated heterocycles. The van der Waals surface area contributed by atoms with E-state index in [1.165, 1.54) is 13.8 Å². The maximum atomic E-state index is 12.1. The SMILES string of the molecule is Cn1ccnc1CN1C(=O)NC(=O)C(C)(C)C1=O. The molecule has 7 nitrogen and oxygen atoms in total. The highest BCUT2D eigenvalue weighted by molar-refractivity contribution is 6.18. The summed E-state index contributed by atoms with van der Waals surface area (Å²) in [6.07, 6.45) is 3.30. The number of urea groups is 1. The van der Waals surface area contributed by atoms with Crippen LogP contribution < -0.4 is 5.32 Å². The van der Waals surface area contributed by atoms with Gasteiger partial charge in [-0.3, -0.25) is 19.8 Å². The van der Waals surface area contributed by atoms with Crippen LogP contribution in [-0.4, -0.2) is 32.3 Å². The highest BCUT2D eigenvalue weighted by Gasteiger charge is 2.47. The third kappa shape index (κ3) is 1.77. The lowest BCUT2D eigenvalue weighted by molar-refractivity contribution is -0.149. The molecule has 7 heteroatoms. The van der Waals surface area contributed by atoms with Crippen LogP contribution in [0.1, 0.15) is 19.7 Å². The largest absolute Gasteiger partial charge is 0.337 e. The van der Waals surface area contributed by atoms with Gasteiger partial charge in [-0.25, -0.2) is 9.78 Å². The van der Waals surface area contributed by atoms with Gasteiger partial charge in [0.15, 0.2) is 0 Å². The number of aromatic nitrogens is 2. The number of carbonyl (C=O) groups is 3. The van der Waals surface area contributed by atoms with E-state index in [1.807, 2.05) is 0 Å². The highest BCUT2D eigenvalue weighted by Crippen LogP contribution is 2.24. The van der Waals surface area contributed by atoms with Crippen LogP contribution in [0, 0.1) is 5.41 Å². The van der Waals surface area contributed by atoms with Crippen molar-refractivity contribution in [1.82, 2.24) is 19.8 Å². The van der Waals surface area contributed by atoms with E-state index in [9.17, 15) is 14.4 Å². The summed E-state index contributed by atoms with van der Waals surface area (Å²) in [7, 11) is 1.77. The van der Waals surface area contributed by atoms with Gasteiger partial charge >= 0.3 is 6.03 Å². The van der Waals surface area contributed by atoms with E-state index in [0.29, 0.717) is 5.82 Å². The summed E-state index contributed by atoms with van der Waals surface area (Å²) in [4.78, 5) is 40.4. The summed E-state index contributed by atoms with van der Waals surface area (Å²) in [5.41, 5.74) is -1.24. The van der Waals surface area contributed by atoms with E-state index < -0.39 is 23.3 Å². The molecular formula is C11H14N4O3. The molecule has 0 atom stereocenters. The first kappa shape index (κ1) is 12.3. The van der Waals surface area contributed by atoms with Crippen LogP contribution in [0.25, 0.3) is 0 Å². The van der Waals surface area contributed by atoms with Crippen molar-refractivity contribution in [3.8, 4) is 0 Å². The first-order valence-corrected chi connectivity index (χ1v) is 5.47. The number of aryl methyl sites for hydroxylation is 1. The lowest BCUT2D eigenvalue weighted by Crippen LogP contribution is -2.61. The van der Waals surface area contributed by atoms with E-state index in [2.05, 4.69) is 10.3 Å². The van der Waals surface area contributed by atoms with Crippen LogP contribution in [0.2, 0.25) is 0 Å². The predicted molar refractivity (Wildman–Crippen MR) is 61.1 cm³/mol. The number of carbonyl (C=O) groups excluding carboxylic acids is 3. The molecule has 96 valence electrons. The number of imidazole rings is 1. The standard InChI is InChI=1S/C11H14N4O3/c1-11(2)8(16)13-10(18)15(9(11)17)6-7-12-4-5-14(7)3/h4-5H,6H2,1-3H3,(H,13,16,18). The summed E-state index contributed by atoms with van der Waals surface area (Å²) in [5, 5.41) is 2.17. The van der Waals surface area contributed by atoms with E-state index >= 15 is 0 Å². The molecule has 18 heavy (non-hydrogen) atoms. The molecule has 0 unspecified atom stereocenters. The Morgan fingerprint density at radius 1 is 1.33 bits per heavy atom. The molecule has 1 aromatic rings. The van der Waals surface area contributed by atoms with Gasteiger partial charge in [0, 0.05) is 19.4 Å². The third-order valence-corrected chi connectivity index (χ3v) is 3.03. The molecule has 1 aliphatic rings. The quantitative estimate of drug-likeness (QED) is 0.750. The lowest BCUT2D eigenvalue weighted by atomic mass is 9.89. The number of rotatable bonds is 2. The zero-order valence-electron chi connectivity index (χ0n) is 10.4. The van der Waals surface area contributed by atoms with Crippen molar-refractivity contribution < 1.29 is 14.4 Å². The summed E-state index contributed by atoms with van der Waals surface area (Å²) < 4.78 is 1.71. The van der Waals surface area contributed by atoms with Crippen molar-refractivity contribution in [3.05, 3.63) is 18.2 Å². The number of imide groups is 2. The molecule has 1 fully saturated rings. The van der Waals surface area contributed by atoms with Crippen LogP contribution in [0.4, 0.5) is 4.79 Å². The predicted octanol–water partition coefficient (Wildman–Crippen LogP) is 0.0247. The molecule has 0 aromatic carbocycles. The molecule has 2 heterocycles. The molecule has 1 aromatic heterocycles. The average Bonchev–Trinajstić information content (AvgIpc) is 2.68. The summed E-state index contributed by atoms with van der Waals surface area (Å²) in [5.74, 6) is -0.517. The highest BCUT2D eigenvalue weighted by atomic mass is 16.2. The van der Waals surface area contributed by atoms with Gasteiger partial charge in [0.05, 0.1) is 6.54 Å². The van der Waals surface area contributed by atoms with E-state index in [-0.39, 0.29) is 6.54 Å².